The Morgan fingerprint density at radius 1 is 1.24 bits per heavy atom. The van der Waals surface area contributed by atoms with Crippen LogP contribution in [0.25, 0.3) is 0 Å². The van der Waals surface area contributed by atoms with Crippen LogP contribution in [0.3, 0.4) is 0 Å². The quantitative estimate of drug-likeness (QED) is 0.707. The molecule has 4 nitrogen and oxygen atoms in total. The molecule has 0 bridgehead atoms. The highest BCUT2D eigenvalue weighted by molar-refractivity contribution is 5.92. The maximum absolute atomic E-state index is 11.9. The Labute approximate surface area is 107 Å². The summed E-state index contributed by atoms with van der Waals surface area (Å²) in [5.41, 5.74) is 0.737. The number of benzene rings is 1. The van der Waals surface area contributed by atoms with Crippen LogP contribution in [0.5, 0.6) is 5.75 Å². The number of aromatic hydroxyl groups is 1. The Kier molecular flexibility index (Phi) is 5.25. The Balaban J connectivity index is 0.00000144. The Morgan fingerprint density at radius 2 is 1.82 bits per heavy atom. The number of phenolic OH excluding ortho intramolecular Hbond substituents is 1. The molecular weight excluding hydrogens is 240 g/mol. The minimum Gasteiger partial charge on any atom is -0.508 e. The van der Waals surface area contributed by atoms with Crippen LogP contribution in [0, 0.1) is 5.92 Å². The van der Waals surface area contributed by atoms with E-state index in [1.807, 2.05) is 0 Å². The van der Waals surface area contributed by atoms with E-state index in [4.69, 9.17) is 5.11 Å². The van der Waals surface area contributed by atoms with Gasteiger partial charge in [-0.2, -0.15) is 0 Å². The molecule has 1 fully saturated rings. The molecule has 17 heavy (non-hydrogen) atoms. The van der Waals surface area contributed by atoms with E-state index in [0.717, 1.165) is 31.6 Å². The molecule has 0 spiro atoms. The molecule has 3 N–H and O–H groups in total. The van der Waals surface area contributed by atoms with Crippen molar-refractivity contribution in [1.29, 1.82) is 0 Å². The first-order chi connectivity index (χ1) is 7.75. The van der Waals surface area contributed by atoms with Crippen LogP contribution < -0.4 is 10.6 Å². The molecule has 0 aliphatic carbocycles. The third kappa shape index (κ3) is 3.91. The van der Waals surface area contributed by atoms with E-state index in [-0.39, 0.29) is 30.0 Å². The van der Waals surface area contributed by atoms with Crippen LogP contribution in [-0.4, -0.2) is 24.1 Å². The lowest BCUT2D eigenvalue weighted by Crippen LogP contribution is -2.34. The molecule has 1 aromatic rings. The molecule has 0 aromatic heterocycles. The summed E-state index contributed by atoms with van der Waals surface area (Å²) < 4.78 is 0. The Bertz CT molecular complexity index is 361. The first-order valence-corrected chi connectivity index (χ1v) is 5.56. The zero-order chi connectivity index (χ0) is 11.4. The van der Waals surface area contributed by atoms with Gasteiger partial charge in [-0.05, 0) is 50.2 Å². The lowest BCUT2D eigenvalue weighted by molar-refractivity contribution is -0.120. The van der Waals surface area contributed by atoms with Gasteiger partial charge in [-0.1, -0.05) is 0 Å². The van der Waals surface area contributed by atoms with Crippen molar-refractivity contribution in [2.45, 2.75) is 12.8 Å². The number of carbonyl (C=O) groups is 1. The Hall–Kier alpha value is -1.26. The molecule has 1 amide bonds. The van der Waals surface area contributed by atoms with Crippen molar-refractivity contribution in [3.8, 4) is 5.75 Å². The van der Waals surface area contributed by atoms with Crippen molar-refractivity contribution in [1.82, 2.24) is 5.32 Å². The number of hydrogen-bond donors (Lipinski definition) is 3. The summed E-state index contributed by atoms with van der Waals surface area (Å²) in [7, 11) is 0. The maximum atomic E-state index is 11.9. The van der Waals surface area contributed by atoms with Gasteiger partial charge in [0.15, 0.2) is 0 Å². The van der Waals surface area contributed by atoms with Gasteiger partial charge in [-0.15, -0.1) is 12.4 Å². The predicted molar refractivity (Wildman–Crippen MR) is 69.6 cm³/mol. The third-order valence-corrected chi connectivity index (χ3v) is 2.84. The number of piperidine rings is 1. The fourth-order valence-corrected chi connectivity index (χ4v) is 1.87. The molecule has 1 heterocycles. The lowest BCUT2D eigenvalue weighted by atomic mass is 9.97. The molecular formula is C12H17ClN2O2. The van der Waals surface area contributed by atoms with Crippen molar-refractivity contribution in [2.75, 3.05) is 18.4 Å². The SMILES string of the molecule is Cl.O=C(Nc1ccc(O)cc1)C1CCNCC1. The smallest absolute Gasteiger partial charge is 0.227 e. The maximum Gasteiger partial charge on any atom is 0.227 e. The topological polar surface area (TPSA) is 61.4 Å². The largest absolute Gasteiger partial charge is 0.508 e. The standard InChI is InChI=1S/C12H16N2O2.ClH/c15-11-3-1-10(2-4-11)14-12(16)9-5-7-13-8-6-9;/h1-4,9,13,15H,5-8H2,(H,14,16);1H. The highest BCUT2D eigenvalue weighted by Crippen LogP contribution is 2.17. The molecule has 0 unspecified atom stereocenters. The average Bonchev–Trinajstić information content (AvgIpc) is 2.33. The van der Waals surface area contributed by atoms with E-state index in [0.29, 0.717) is 0 Å². The second-order valence-electron chi connectivity index (χ2n) is 4.06. The normalized spacial score (nSPS) is 16.0. The summed E-state index contributed by atoms with van der Waals surface area (Å²) in [6, 6.07) is 6.54. The van der Waals surface area contributed by atoms with Crippen molar-refractivity contribution in [2.24, 2.45) is 5.92 Å². The summed E-state index contributed by atoms with van der Waals surface area (Å²) in [5.74, 6) is 0.391. The molecule has 1 saturated heterocycles. The van der Waals surface area contributed by atoms with E-state index in [2.05, 4.69) is 10.6 Å². The van der Waals surface area contributed by atoms with Crippen molar-refractivity contribution >= 4 is 24.0 Å². The number of nitrogens with one attached hydrogen (secondary N) is 2. The molecule has 5 heteroatoms. The molecule has 1 aliphatic heterocycles. The van der Waals surface area contributed by atoms with Gasteiger partial charge >= 0.3 is 0 Å². The number of carbonyl (C=O) groups excluding carboxylic acids is 1. The van der Waals surface area contributed by atoms with Gasteiger partial charge < -0.3 is 15.7 Å². The number of anilines is 1. The van der Waals surface area contributed by atoms with Crippen molar-refractivity contribution in [3.63, 3.8) is 0 Å². The van der Waals surface area contributed by atoms with Crippen LogP contribution in [0.1, 0.15) is 12.8 Å². The van der Waals surface area contributed by atoms with E-state index < -0.39 is 0 Å². The van der Waals surface area contributed by atoms with Gasteiger partial charge in [0.05, 0.1) is 0 Å². The molecule has 1 aromatic carbocycles. The number of rotatable bonds is 2. The Morgan fingerprint density at radius 3 is 2.41 bits per heavy atom. The van der Waals surface area contributed by atoms with Gasteiger partial charge in [0.2, 0.25) is 5.91 Å². The van der Waals surface area contributed by atoms with Gasteiger partial charge in [-0.25, -0.2) is 0 Å². The summed E-state index contributed by atoms with van der Waals surface area (Å²) in [6.45, 7) is 1.82. The molecule has 1 aliphatic rings. The molecule has 0 saturated carbocycles. The van der Waals surface area contributed by atoms with E-state index in [9.17, 15) is 4.79 Å². The number of hydrogen-bond acceptors (Lipinski definition) is 3. The second kappa shape index (κ2) is 6.47. The van der Waals surface area contributed by atoms with Crippen LogP contribution in [0.4, 0.5) is 5.69 Å². The number of phenols is 1. The number of amides is 1. The summed E-state index contributed by atoms with van der Waals surface area (Å²) in [4.78, 5) is 11.9. The summed E-state index contributed by atoms with van der Waals surface area (Å²) in [5, 5.41) is 15.2. The van der Waals surface area contributed by atoms with Crippen LogP contribution in [0.2, 0.25) is 0 Å². The summed E-state index contributed by atoms with van der Waals surface area (Å²) >= 11 is 0. The zero-order valence-corrected chi connectivity index (χ0v) is 10.3. The zero-order valence-electron chi connectivity index (χ0n) is 9.48. The lowest BCUT2D eigenvalue weighted by Gasteiger charge is -2.21. The monoisotopic (exact) mass is 256 g/mol. The van der Waals surface area contributed by atoms with Crippen molar-refractivity contribution < 1.29 is 9.90 Å². The number of halogens is 1. The molecule has 2 rings (SSSR count). The van der Waals surface area contributed by atoms with Crippen molar-refractivity contribution in [3.05, 3.63) is 24.3 Å². The fraction of sp³-hybridized carbons (Fsp3) is 0.417. The van der Waals surface area contributed by atoms with Gasteiger partial charge in [0.25, 0.3) is 0 Å². The second-order valence-corrected chi connectivity index (χ2v) is 4.06. The molecule has 0 atom stereocenters. The third-order valence-electron chi connectivity index (χ3n) is 2.84. The van der Waals surface area contributed by atoms with Gasteiger partial charge in [0.1, 0.15) is 5.75 Å². The average molecular weight is 257 g/mol. The molecule has 0 radical (unpaired) electrons. The predicted octanol–water partition coefficient (Wildman–Crippen LogP) is 1.75. The molecule has 94 valence electrons. The van der Waals surface area contributed by atoms with Crippen LogP contribution in [-0.2, 0) is 4.79 Å². The van der Waals surface area contributed by atoms with Gasteiger partial charge in [-0.3, -0.25) is 4.79 Å². The minimum absolute atomic E-state index is 0. The van der Waals surface area contributed by atoms with Gasteiger partial charge in [0, 0.05) is 11.6 Å². The first-order valence-electron chi connectivity index (χ1n) is 5.56. The minimum atomic E-state index is 0. The van der Waals surface area contributed by atoms with E-state index in [1.54, 1.807) is 24.3 Å². The first kappa shape index (κ1) is 13.8. The van der Waals surface area contributed by atoms with E-state index in [1.165, 1.54) is 0 Å². The van der Waals surface area contributed by atoms with E-state index >= 15 is 0 Å². The van der Waals surface area contributed by atoms with Crippen LogP contribution in [0.15, 0.2) is 24.3 Å². The summed E-state index contributed by atoms with van der Waals surface area (Å²) in [6.07, 6.45) is 1.79. The van der Waals surface area contributed by atoms with Crippen LogP contribution >= 0.6 is 12.4 Å². The highest BCUT2D eigenvalue weighted by atomic mass is 35.5. The fourth-order valence-electron chi connectivity index (χ4n) is 1.87. The highest BCUT2D eigenvalue weighted by Gasteiger charge is 2.20.